The van der Waals surface area contributed by atoms with Crippen LogP contribution in [0.1, 0.15) is 25.7 Å². The number of amides is 1. The second kappa shape index (κ2) is 6.79. The summed E-state index contributed by atoms with van der Waals surface area (Å²) in [5, 5.41) is 6.25. The molecule has 1 rings (SSSR count). The number of methoxy groups -OCH3 is 1. The summed E-state index contributed by atoms with van der Waals surface area (Å²) < 4.78 is 4.81. The number of hydrogen-bond donors (Lipinski definition) is 2. The van der Waals surface area contributed by atoms with Gasteiger partial charge in [-0.25, -0.2) is 0 Å². The second-order valence-electron chi connectivity index (χ2n) is 3.67. The second-order valence-corrected chi connectivity index (χ2v) is 3.67. The maximum absolute atomic E-state index is 11.1. The van der Waals surface area contributed by atoms with Gasteiger partial charge in [-0.05, 0) is 25.8 Å². The third kappa shape index (κ3) is 5.94. The Morgan fingerprint density at radius 2 is 2.21 bits per heavy atom. The van der Waals surface area contributed by atoms with E-state index in [4.69, 9.17) is 4.74 Å². The van der Waals surface area contributed by atoms with Gasteiger partial charge in [-0.1, -0.05) is 0 Å². The number of carbonyl (C=O) groups is 1. The van der Waals surface area contributed by atoms with Gasteiger partial charge < -0.3 is 15.4 Å². The van der Waals surface area contributed by atoms with Crippen molar-refractivity contribution in [3.8, 4) is 0 Å². The fraction of sp³-hybridized carbons (Fsp3) is 0.900. The minimum absolute atomic E-state index is 0.0817. The molecule has 0 aromatic rings. The van der Waals surface area contributed by atoms with Crippen LogP contribution in [-0.4, -0.2) is 38.8 Å². The summed E-state index contributed by atoms with van der Waals surface area (Å²) >= 11 is 0. The van der Waals surface area contributed by atoms with Crippen molar-refractivity contribution < 1.29 is 9.53 Å². The Balaban J connectivity index is 1.79. The van der Waals surface area contributed by atoms with E-state index in [2.05, 4.69) is 10.6 Å². The highest BCUT2D eigenvalue weighted by Gasteiger charge is 2.19. The average Bonchev–Trinajstić information content (AvgIpc) is 2.98. The van der Waals surface area contributed by atoms with Gasteiger partial charge in [0.1, 0.15) is 0 Å². The van der Waals surface area contributed by atoms with E-state index < -0.39 is 0 Å². The monoisotopic (exact) mass is 200 g/mol. The SMILES string of the molecule is COCCC(=O)NCCCNC1CC1. The van der Waals surface area contributed by atoms with E-state index >= 15 is 0 Å². The molecule has 0 aromatic carbocycles. The summed E-state index contributed by atoms with van der Waals surface area (Å²) in [6.45, 7) is 2.28. The molecule has 0 aliphatic heterocycles. The molecular formula is C10H20N2O2. The predicted octanol–water partition coefficient (Wildman–Crippen LogP) is 0.281. The van der Waals surface area contributed by atoms with Crippen LogP contribution in [0.2, 0.25) is 0 Å². The van der Waals surface area contributed by atoms with Gasteiger partial charge in [0.15, 0.2) is 0 Å². The molecule has 0 aromatic heterocycles. The fourth-order valence-electron chi connectivity index (χ4n) is 1.19. The Kier molecular flexibility index (Phi) is 5.56. The molecule has 4 nitrogen and oxygen atoms in total. The molecule has 1 aliphatic rings. The van der Waals surface area contributed by atoms with Gasteiger partial charge >= 0.3 is 0 Å². The predicted molar refractivity (Wildman–Crippen MR) is 55.1 cm³/mol. The molecule has 14 heavy (non-hydrogen) atoms. The lowest BCUT2D eigenvalue weighted by Crippen LogP contribution is -2.28. The van der Waals surface area contributed by atoms with Crippen LogP contribution in [0.4, 0.5) is 0 Å². The first-order valence-electron chi connectivity index (χ1n) is 5.32. The third-order valence-electron chi connectivity index (χ3n) is 2.22. The number of carbonyl (C=O) groups excluding carboxylic acids is 1. The highest BCUT2D eigenvalue weighted by atomic mass is 16.5. The van der Waals surface area contributed by atoms with Crippen molar-refractivity contribution >= 4 is 5.91 Å². The molecule has 2 N–H and O–H groups in total. The quantitative estimate of drug-likeness (QED) is 0.553. The number of nitrogens with one attached hydrogen (secondary N) is 2. The van der Waals surface area contributed by atoms with Crippen LogP contribution >= 0.6 is 0 Å². The van der Waals surface area contributed by atoms with Crippen molar-refractivity contribution in [3.63, 3.8) is 0 Å². The molecule has 1 aliphatic carbocycles. The van der Waals surface area contributed by atoms with E-state index in [1.807, 2.05) is 0 Å². The summed E-state index contributed by atoms with van der Waals surface area (Å²) in [6.07, 6.45) is 4.11. The minimum atomic E-state index is 0.0817. The van der Waals surface area contributed by atoms with Crippen LogP contribution in [0.25, 0.3) is 0 Å². The summed E-state index contributed by atoms with van der Waals surface area (Å²) in [7, 11) is 1.60. The van der Waals surface area contributed by atoms with Gasteiger partial charge in [0.2, 0.25) is 5.91 Å². The van der Waals surface area contributed by atoms with Crippen molar-refractivity contribution in [2.24, 2.45) is 0 Å². The standard InChI is InChI=1S/C10H20N2O2/c1-14-8-5-10(13)12-7-2-6-11-9-3-4-9/h9,11H,2-8H2,1H3,(H,12,13). The first kappa shape index (κ1) is 11.5. The molecule has 1 fully saturated rings. The van der Waals surface area contributed by atoms with E-state index in [0.29, 0.717) is 13.0 Å². The number of hydrogen-bond acceptors (Lipinski definition) is 3. The van der Waals surface area contributed by atoms with E-state index in [0.717, 1.165) is 25.6 Å². The topological polar surface area (TPSA) is 50.4 Å². The van der Waals surface area contributed by atoms with E-state index in [-0.39, 0.29) is 5.91 Å². The van der Waals surface area contributed by atoms with Crippen molar-refractivity contribution in [1.29, 1.82) is 0 Å². The summed E-state index contributed by atoms with van der Waals surface area (Å²) in [5.74, 6) is 0.0817. The molecule has 0 radical (unpaired) electrons. The van der Waals surface area contributed by atoms with Crippen LogP contribution in [0.5, 0.6) is 0 Å². The summed E-state index contributed by atoms with van der Waals surface area (Å²) in [4.78, 5) is 11.1. The smallest absolute Gasteiger partial charge is 0.222 e. The molecule has 0 spiro atoms. The van der Waals surface area contributed by atoms with Gasteiger partial charge in [-0.3, -0.25) is 4.79 Å². The minimum Gasteiger partial charge on any atom is -0.384 e. The van der Waals surface area contributed by atoms with Crippen LogP contribution in [0.3, 0.4) is 0 Å². The first-order valence-corrected chi connectivity index (χ1v) is 5.32. The zero-order chi connectivity index (χ0) is 10.2. The molecule has 0 atom stereocenters. The third-order valence-corrected chi connectivity index (χ3v) is 2.22. The molecular weight excluding hydrogens is 180 g/mol. The van der Waals surface area contributed by atoms with Crippen molar-refractivity contribution in [1.82, 2.24) is 10.6 Å². The Labute approximate surface area is 85.4 Å². The zero-order valence-electron chi connectivity index (χ0n) is 8.84. The van der Waals surface area contributed by atoms with Crippen molar-refractivity contribution in [2.75, 3.05) is 26.8 Å². The zero-order valence-corrected chi connectivity index (χ0v) is 8.84. The highest BCUT2D eigenvalue weighted by Crippen LogP contribution is 2.18. The maximum Gasteiger partial charge on any atom is 0.222 e. The van der Waals surface area contributed by atoms with Gasteiger partial charge in [0.25, 0.3) is 0 Å². The normalized spacial score (nSPS) is 15.5. The van der Waals surface area contributed by atoms with Crippen molar-refractivity contribution in [2.45, 2.75) is 31.7 Å². The Bertz CT molecular complexity index is 170. The molecule has 1 saturated carbocycles. The molecule has 0 unspecified atom stereocenters. The molecule has 82 valence electrons. The van der Waals surface area contributed by atoms with Gasteiger partial charge in [-0.2, -0.15) is 0 Å². The van der Waals surface area contributed by atoms with Crippen LogP contribution < -0.4 is 10.6 Å². The Hall–Kier alpha value is -0.610. The number of rotatable bonds is 8. The molecule has 0 saturated heterocycles. The lowest BCUT2D eigenvalue weighted by atomic mass is 10.3. The maximum atomic E-state index is 11.1. The number of ether oxygens (including phenoxy) is 1. The van der Waals surface area contributed by atoms with E-state index in [1.165, 1.54) is 12.8 Å². The van der Waals surface area contributed by atoms with Crippen LogP contribution in [-0.2, 0) is 9.53 Å². The lowest BCUT2D eigenvalue weighted by Gasteiger charge is -2.05. The van der Waals surface area contributed by atoms with E-state index in [1.54, 1.807) is 7.11 Å². The van der Waals surface area contributed by atoms with Gasteiger partial charge in [0, 0.05) is 26.1 Å². The fourth-order valence-corrected chi connectivity index (χ4v) is 1.19. The highest BCUT2D eigenvalue weighted by molar-refractivity contribution is 5.75. The first-order chi connectivity index (χ1) is 6.83. The summed E-state index contributed by atoms with van der Waals surface area (Å²) in [5.41, 5.74) is 0. The van der Waals surface area contributed by atoms with Gasteiger partial charge in [0.05, 0.1) is 6.61 Å². The van der Waals surface area contributed by atoms with Crippen LogP contribution in [0, 0.1) is 0 Å². The van der Waals surface area contributed by atoms with Crippen LogP contribution in [0.15, 0.2) is 0 Å². The summed E-state index contributed by atoms with van der Waals surface area (Å²) in [6, 6.07) is 0.763. The lowest BCUT2D eigenvalue weighted by molar-refractivity contribution is -0.121. The molecule has 0 bridgehead atoms. The van der Waals surface area contributed by atoms with E-state index in [9.17, 15) is 4.79 Å². The molecule has 0 heterocycles. The Morgan fingerprint density at radius 1 is 1.43 bits per heavy atom. The molecule has 4 heteroatoms. The average molecular weight is 200 g/mol. The van der Waals surface area contributed by atoms with Crippen molar-refractivity contribution in [3.05, 3.63) is 0 Å². The molecule has 1 amide bonds. The largest absolute Gasteiger partial charge is 0.384 e. The van der Waals surface area contributed by atoms with Gasteiger partial charge in [-0.15, -0.1) is 0 Å². The Morgan fingerprint density at radius 3 is 2.86 bits per heavy atom.